The standard InChI is InChI=1S/C9H16O3/c1-12-9(11)8(10)6-7-4-2-3-5-7/h7-8,10H,2-6H2,1H3. The van der Waals surface area contributed by atoms with Crippen LogP contribution in [-0.2, 0) is 9.53 Å². The molecule has 0 spiro atoms. The third-order valence-corrected chi connectivity index (χ3v) is 2.50. The second-order valence-corrected chi connectivity index (χ2v) is 3.43. The summed E-state index contributed by atoms with van der Waals surface area (Å²) in [6.45, 7) is 0. The van der Waals surface area contributed by atoms with Crippen molar-refractivity contribution in [2.75, 3.05) is 7.11 Å². The minimum Gasteiger partial charge on any atom is -0.467 e. The molecule has 0 aromatic carbocycles. The molecule has 0 saturated heterocycles. The van der Waals surface area contributed by atoms with Crippen LogP contribution in [0.4, 0.5) is 0 Å². The fourth-order valence-electron chi connectivity index (χ4n) is 1.79. The maximum absolute atomic E-state index is 10.8. The number of methoxy groups -OCH3 is 1. The first-order valence-corrected chi connectivity index (χ1v) is 4.50. The van der Waals surface area contributed by atoms with Crippen molar-refractivity contribution in [2.24, 2.45) is 5.92 Å². The molecule has 0 heterocycles. The van der Waals surface area contributed by atoms with Gasteiger partial charge in [-0.3, -0.25) is 0 Å². The lowest BCUT2D eigenvalue weighted by Gasteiger charge is -2.12. The van der Waals surface area contributed by atoms with Gasteiger partial charge in [0.1, 0.15) is 0 Å². The number of aliphatic hydroxyl groups is 1. The van der Waals surface area contributed by atoms with E-state index >= 15 is 0 Å². The van der Waals surface area contributed by atoms with Gasteiger partial charge >= 0.3 is 5.97 Å². The molecule has 3 nitrogen and oxygen atoms in total. The Morgan fingerprint density at radius 2 is 2.17 bits per heavy atom. The van der Waals surface area contributed by atoms with Gasteiger partial charge in [-0.15, -0.1) is 0 Å². The first kappa shape index (κ1) is 9.52. The molecule has 1 fully saturated rings. The number of hydrogen-bond donors (Lipinski definition) is 1. The molecule has 1 atom stereocenters. The molecule has 0 aromatic heterocycles. The number of carbonyl (C=O) groups excluding carboxylic acids is 1. The Labute approximate surface area is 72.7 Å². The predicted molar refractivity (Wildman–Crippen MR) is 44.6 cm³/mol. The highest BCUT2D eigenvalue weighted by molar-refractivity contribution is 5.74. The molecule has 0 bridgehead atoms. The average molecular weight is 172 g/mol. The number of ether oxygens (including phenoxy) is 1. The predicted octanol–water partition coefficient (Wildman–Crippen LogP) is 1.10. The van der Waals surface area contributed by atoms with E-state index in [0.717, 1.165) is 12.8 Å². The van der Waals surface area contributed by atoms with Gasteiger partial charge in [-0.05, 0) is 12.3 Å². The van der Waals surface area contributed by atoms with Gasteiger partial charge in [0.15, 0.2) is 6.10 Å². The minimum absolute atomic E-state index is 0.498. The molecular formula is C9H16O3. The molecule has 70 valence electrons. The summed E-state index contributed by atoms with van der Waals surface area (Å²) in [5.74, 6) is 0.0287. The van der Waals surface area contributed by atoms with Gasteiger partial charge in [0.25, 0.3) is 0 Å². The zero-order valence-electron chi connectivity index (χ0n) is 7.45. The molecule has 0 aromatic rings. The van der Waals surface area contributed by atoms with E-state index in [4.69, 9.17) is 0 Å². The van der Waals surface area contributed by atoms with E-state index in [1.54, 1.807) is 0 Å². The Balaban J connectivity index is 2.24. The van der Waals surface area contributed by atoms with E-state index in [9.17, 15) is 9.90 Å². The molecule has 1 N–H and O–H groups in total. The van der Waals surface area contributed by atoms with Gasteiger partial charge in [0.2, 0.25) is 0 Å². The fourth-order valence-corrected chi connectivity index (χ4v) is 1.79. The summed E-state index contributed by atoms with van der Waals surface area (Å²) in [7, 11) is 1.31. The largest absolute Gasteiger partial charge is 0.467 e. The van der Waals surface area contributed by atoms with Crippen LogP contribution in [0, 0.1) is 5.92 Å². The highest BCUT2D eigenvalue weighted by atomic mass is 16.5. The van der Waals surface area contributed by atoms with Crippen molar-refractivity contribution in [3.05, 3.63) is 0 Å². The quantitative estimate of drug-likeness (QED) is 0.648. The van der Waals surface area contributed by atoms with Crippen LogP contribution in [0.3, 0.4) is 0 Å². The van der Waals surface area contributed by atoms with Crippen LogP contribution < -0.4 is 0 Å². The van der Waals surface area contributed by atoms with E-state index in [0.29, 0.717) is 12.3 Å². The van der Waals surface area contributed by atoms with Crippen LogP contribution in [-0.4, -0.2) is 24.3 Å². The Bertz CT molecular complexity index is 150. The smallest absolute Gasteiger partial charge is 0.334 e. The van der Waals surface area contributed by atoms with Gasteiger partial charge in [0.05, 0.1) is 7.11 Å². The van der Waals surface area contributed by atoms with E-state index < -0.39 is 12.1 Å². The third kappa shape index (κ3) is 2.48. The first-order valence-electron chi connectivity index (χ1n) is 4.50. The first-order chi connectivity index (χ1) is 5.74. The number of carbonyl (C=O) groups is 1. The van der Waals surface area contributed by atoms with Crippen LogP contribution in [0.2, 0.25) is 0 Å². The van der Waals surface area contributed by atoms with Crippen LogP contribution in [0.15, 0.2) is 0 Å². The zero-order chi connectivity index (χ0) is 8.97. The molecular weight excluding hydrogens is 156 g/mol. The van der Waals surface area contributed by atoms with Crippen LogP contribution in [0.1, 0.15) is 32.1 Å². The van der Waals surface area contributed by atoms with Crippen molar-refractivity contribution < 1.29 is 14.6 Å². The summed E-state index contributed by atoms with van der Waals surface area (Å²) in [6.07, 6.45) is 4.43. The maximum Gasteiger partial charge on any atom is 0.334 e. The Morgan fingerprint density at radius 3 is 2.67 bits per heavy atom. The summed E-state index contributed by atoms with van der Waals surface area (Å²) in [6, 6.07) is 0. The summed E-state index contributed by atoms with van der Waals surface area (Å²) in [4.78, 5) is 10.8. The van der Waals surface area contributed by atoms with E-state index in [1.165, 1.54) is 20.0 Å². The number of rotatable bonds is 3. The lowest BCUT2D eigenvalue weighted by atomic mass is 10.0. The van der Waals surface area contributed by atoms with Gasteiger partial charge in [0, 0.05) is 0 Å². The molecule has 3 heteroatoms. The Hall–Kier alpha value is -0.570. The summed E-state index contributed by atoms with van der Waals surface area (Å²) in [5.41, 5.74) is 0. The summed E-state index contributed by atoms with van der Waals surface area (Å²) >= 11 is 0. The van der Waals surface area contributed by atoms with Crippen molar-refractivity contribution in [3.63, 3.8) is 0 Å². The average Bonchev–Trinajstić information content (AvgIpc) is 2.55. The summed E-state index contributed by atoms with van der Waals surface area (Å²) < 4.78 is 4.43. The molecule has 1 aliphatic rings. The molecule has 0 radical (unpaired) electrons. The second kappa shape index (κ2) is 4.45. The topological polar surface area (TPSA) is 46.5 Å². The van der Waals surface area contributed by atoms with Crippen molar-refractivity contribution >= 4 is 5.97 Å². The highest BCUT2D eigenvalue weighted by Gasteiger charge is 2.23. The molecule has 1 rings (SSSR count). The second-order valence-electron chi connectivity index (χ2n) is 3.43. The van der Waals surface area contributed by atoms with E-state index in [-0.39, 0.29) is 0 Å². The van der Waals surface area contributed by atoms with Gasteiger partial charge in [-0.1, -0.05) is 25.7 Å². The van der Waals surface area contributed by atoms with Gasteiger partial charge in [-0.25, -0.2) is 4.79 Å². The van der Waals surface area contributed by atoms with Crippen LogP contribution in [0.25, 0.3) is 0 Å². The molecule has 12 heavy (non-hydrogen) atoms. The molecule has 0 amide bonds. The maximum atomic E-state index is 10.8. The lowest BCUT2D eigenvalue weighted by Crippen LogP contribution is -2.24. The number of esters is 1. The summed E-state index contributed by atoms with van der Waals surface area (Å²) in [5, 5.41) is 9.30. The molecule has 0 aliphatic heterocycles. The van der Waals surface area contributed by atoms with Gasteiger partial charge in [-0.2, -0.15) is 0 Å². The zero-order valence-corrected chi connectivity index (χ0v) is 7.45. The van der Waals surface area contributed by atoms with Crippen molar-refractivity contribution in [2.45, 2.75) is 38.2 Å². The minimum atomic E-state index is -0.905. The van der Waals surface area contributed by atoms with Crippen LogP contribution in [0.5, 0.6) is 0 Å². The normalized spacial score (nSPS) is 20.8. The van der Waals surface area contributed by atoms with E-state index in [2.05, 4.69) is 4.74 Å². The fraction of sp³-hybridized carbons (Fsp3) is 0.889. The van der Waals surface area contributed by atoms with Crippen molar-refractivity contribution in [1.82, 2.24) is 0 Å². The van der Waals surface area contributed by atoms with E-state index in [1.807, 2.05) is 0 Å². The number of hydrogen-bond acceptors (Lipinski definition) is 3. The molecule has 1 aliphatic carbocycles. The monoisotopic (exact) mass is 172 g/mol. The molecule has 1 unspecified atom stereocenters. The Morgan fingerprint density at radius 1 is 1.58 bits per heavy atom. The molecule has 1 saturated carbocycles. The highest BCUT2D eigenvalue weighted by Crippen LogP contribution is 2.28. The third-order valence-electron chi connectivity index (χ3n) is 2.50. The SMILES string of the molecule is COC(=O)C(O)CC1CCCC1. The van der Waals surface area contributed by atoms with Crippen LogP contribution >= 0.6 is 0 Å². The van der Waals surface area contributed by atoms with Crippen molar-refractivity contribution in [3.8, 4) is 0 Å². The lowest BCUT2D eigenvalue weighted by molar-refractivity contribution is -0.151. The Kier molecular flexibility index (Phi) is 3.53. The van der Waals surface area contributed by atoms with Gasteiger partial charge < -0.3 is 9.84 Å². The number of aliphatic hydroxyl groups excluding tert-OH is 1. The van der Waals surface area contributed by atoms with Crippen molar-refractivity contribution in [1.29, 1.82) is 0 Å².